The van der Waals surface area contributed by atoms with Crippen molar-refractivity contribution in [2.45, 2.75) is 18.9 Å². The van der Waals surface area contributed by atoms with E-state index in [9.17, 15) is 9.59 Å². The molecule has 4 aromatic rings. The van der Waals surface area contributed by atoms with Crippen LogP contribution in [0.25, 0.3) is 10.9 Å². The Morgan fingerprint density at radius 2 is 1.97 bits per heavy atom. The molecule has 2 aromatic heterocycles. The van der Waals surface area contributed by atoms with Gasteiger partial charge >= 0.3 is 0 Å². The summed E-state index contributed by atoms with van der Waals surface area (Å²) in [4.78, 5) is 36.7. The van der Waals surface area contributed by atoms with Gasteiger partial charge in [0, 0.05) is 32.3 Å². The smallest absolute Gasteiger partial charge is 0.258 e. The number of amides is 1. The van der Waals surface area contributed by atoms with Crippen molar-refractivity contribution in [3.63, 3.8) is 0 Å². The molecule has 0 aliphatic carbocycles. The van der Waals surface area contributed by atoms with Gasteiger partial charge in [0.05, 0.1) is 18.0 Å². The first-order chi connectivity index (χ1) is 15.0. The Kier molecular flexibility index (Phi) is 5.79. The van der Waals surface area contributed by atoms with E-state index in [0.717, 1.165) is 17.1 Å². The summed E-state index contributed by atoms with van der Waals surface area (Å²) in [5, 5.41) is 3.59. The van der Waals surface area contributed by atoms with Crippen molar-refractivity contribution in [1.82, 2.24) is 24.8 Å². The highest BCUT2D eigenvalue weighted by Crippen LogP contribution is 2.23. The van der Waals surface area contributed by atoms with E-state index in [-0.39, 0.29) is 17.9 Å². The fraction of sp³-hybridized carbons (Fsp3) is 0.217. The first-order valence-corrected chi connectivity index (χ1v) is 9.93. The third-order valence-corrected chi connectivity index (χ3v) is 5.12. The van der Waals surface area contributed by atoms with Crippen LogP contribution in [0.3, 0.4) is 0 Å². The van der Waals surface area contributed by atoms with Crippen LogP contribution in [-0.2, 0) is 18.3 Å². The predicted molar refractivity (Wildman–Crippen MR) is 117 cm³/mol. The number of hydrogen-bond donors (Lipinski definition) is 2. The molecule has 0 aliphatic heterocycles. The molecule has 8 heteroatoms. The average molecular weight is 417 g/mol. The van der Waals surface area contributed by atoms with Gasteiger partial charge in [-0.2, -0.15) is 0 Å². The van der Waals surface area contributed by atoms with Gasteiger partial charge in [-0.25, -0.2) is 9.97 Å². The highest BCUT2D eigenvalue weighted by molar-refractivity contribution is 5.78. The molecule has 31 heavy (non-hydrogen) atoms. The molecular formula is C23H23N5O3. The molecule has 8 nitrogen and oxygen atoms in total. The number of nitrogens with one attached hydrogen (secondary N) is 2. The van der Waals surface area contributed by atoms with Crippen molar-refractivity contribution in [3.05, 3.63) is 88.5 Å². The van der Waals surface area contributed by atoms with E-state index >= 15 is 0 Å². The number of imidazole rings is 1. The van der Waals surface area contributed by atoms with Crippen LogP contribution in [0.5, 0.6) is 5.75 Å². The molecule has 4 rings (SSSR count). The second kappa shape index (κ2) is 8.83. The number of aryl methyl sites for hydroxylation is 2. The fourth-order valence-electron chi connectivity index (χ4n) is 3.47. The number of fused-ring (bicyclic) bond motifs is 1. The topological polar surface area (TPSA) is 102 Å². The van der Waals surface area contributed by atoms with Crippen molar-refractivity contribution in [3.8, 4) is 5.75 Å². The SMILES string of the molecule is COc1ccc([C@H](NC(=O)CCc2nc3ccccc3c(=O)[nH]2)c2nccn2C)cc1. The maximum atomic E-state index is 12.8. The fourth-order valence-corrected chi connectivity index (χ4v) is 3.47. The van der Waals surface area contributed by atoms with Crippen LogP contribution in [0.15, 0.2) is 65.7 Å². The monoisotopic (exact) mass is 417 g/mol. The molecule has 1 atom stereocenters. The lowest BCUT2D eigenvalue weighted by Crippen LogP contribution is -2.31. The lowest BCUT2D eigenvalue weighted by Gasteiger charge is -2.19. The molecule has 1 amide bonds. The van der Waals surface area contributed by atoms with Crippen LogP contribution in [0.1, 0.15) is 29.7 Å². The molecule has 0 fully saturated rings. The molecule has 0 bridgehead atoms. The zero-order valence-corrected chi connectivity index (χ0v) is 17.3. The Balaban J connectivity index is 1.51. The van der Waals surface area contributed by atoms with Gasteiger partial charge in [-0.3, -0.25) is 9.59 Å². The summed E-state index contributed by atoms with van der Waals surface area (Å²) in [6, 6.07) is 14.2. The number of ether oxygens (including phenoxy) is 1. The van der Waals surface area contributed by atoms with Gasteiger partial charge in [0.1, 0.15) is 23.4 Å². The Hall–Kier alpha value is -3.94. The van der Waals surface area contributed by atoms with Gasteiger partial charge in [-0.05, 0) is 29.8 Å². The molecular weight excluding hydrogens is 394 g/mol. The molecule has 0 saturated heterocycles. The number of carbonyl (C=O) groups is 1. The Bertz CT molecular complexity index is 1260. The molecule has 0 radical (unpaired) electrons. The van der Waals surface area contributed by atoms with Gasteiger partial charge in [0.2, 0.25) is 5.91 Å². The summed E-state index contributed by atoms with van der Waals surface area (Å²) in [5.41, 5.74) is 1.30. The molecule has 0 aliphatic rings. The summed E-state index contributed by atoms with van der Waals surface area (Å²) < 4.78 is 7.10. The minimum Gasteiger partial charge on any atom is -0.497 e. The van der Waals surface area contributed by atoms with E-state index in [1.807, 2.05) is 48.1 Å². The molecule has 2 aromatic carbocycles. The van der Waals surface area contributed by atoms with Crippen LogP contribution in [0.4, 0.5) is 0 Å². The number of rotatable bonds is 7. The summed E-state index contributed by atoms with van der Waals surface area (Å²) >= 11 is 0. The third kappa shape index (κ3) is 4.48. The van der Waals surface area contributed by atoms with Crippen LogP contribution in [0, 0.1) is 0 Å². The minimum atomic E-state index is -0.415. The molecule has 0 saturated carbocycles. The van der Waals surface area contributed by atoms with E-state index < -0.39 is 6.04 Å². The molecule has 2 heterocycles. The van der Waals surface area contributed by atoms with Gasteiger partial charge in [-0.1, -0.05) is 24.3 Å². The minimum absolute atomic E-state index is 0.167. The second-order valence-corrected chi connectivity index (χ2v) is 7.20. The van der Waals surface area contributed by atoms with Crippen LogP contribution < -0.4 is 15.6 Å². The van der Waals surface area contributed by atoms with E-state index in [2.05, 4.69) is 20.3 Å². The maximum absolute atomic E-state index is 12.8. The number of aromatic amines is 1. The van der Waals surface area contributed by atoms with E-state index in [0.29, 0.717) is 23.1 Å². The Labute approximate surface area is 178 Å². The van der Waals surface area contributed by atoms with E-state index in [1.165, 1.54) is 0 Å². The average Bonchev–Trinajstić information content (AvgIpc) is 3.22. The zero-order valence-electron chi connectivity index (χ0n) is 17.3. The highest BCUT2D eigenvalue weighted by atomic mass is 16.5. The third-order valence-electron chi connectivity index (χ3n) is 5.12. The molecule has 2 N–H and O–H groups in total. The lowest BCUT2D eigenvalue weighted by molar-refractivity contribution is -0.121. The van der Waals surface area contributed by atoms with Gasteiger partial charge in [-0.15, -0.1) is 0 Å². The summed E-state index contributed by atoms with van der Waals surface area (Å²) in [6.07, 6.45) is 4.03. The Morgan fingerprint density at radius 1 is 1.19 bits per heavy atom. The second-order valence-electron chi connectivity index (χ2n) is 7.20. The summed E-state index contributed by atoms with van der Waals surface area (Å²) in [6.45, 7) is 0. The maximum Gasteiger partial charge on any atom is 0.258 e. The number of nitrogens with zero attached hydrogens (tertiary/aromatic N) is 3. The van der Waals surface area contributed by atoms with Crippen molar-refractivity contribution < 1.29 is 9.53 Å². The molecule has 0 spiro atoms. The van der Waals surface area contributed by atoms with Crippen LogP contribution in [0.2, 0.25) is 0 Å². The number of benzene rings is 2. The van der Waals surface area contributed by atoms with Gasteiger partial charge in [0.25, 0.3) is 5.56 Å². The van der Waals surface area contributed by atoms with Crippen molar-refractivity contribution in [2.24, 2.45) is 7.05 Å². The normalized spacial score (nSPS) is 11.9. The standard InChI is InChI=1S/C23H23N5O3/c1-28-14-13-24-22(28)21(15-7-9-16(31-2)10-8-15)27-20(29)12-11-19-25-18-6-4-3-5-17(18)23(30)26-19/h3-10,13-14,21H,11-12H2,1-2H3,(H,27,29)(H,25,26,30)/t21-/m0/s1. The van der Waals surface area contributed by atoms with Gasteiger partial charge < -0.3 is 19.6 Å². The van der Waals surface area contributed by atoms with E-state index in [1.54, 1.807) is 31.5 Å². The number of hydrogen-bond acceptors (Lipinski definition) is 5. The van der Waals surface area contributed by atoms with E-state index in [4.69, 9.17) is 4.74 Å². The number of methoxy groups -OCH3 is 1. The first-order valence-electron chi connectivity index (χ1n) is 9.93. The summed E-state index contributed by atoms with van der Waals surface area (Å²) in [5.74, 6) is 1.77. The number of H-pyrrole nitrogens is 1. The van der Waals surface area contributed by atoms with Crippen molar-refractivity contribution in [1.29, 1.82) is 0 Å². The summed E-state index contributed by atoms with van der Waals surface area (Å²) in [7, 11) is 3.49. The van der Waals surface area contributed by atoms with Crippen molar-refractivity contribution in [2.75, 3.05) is 7.11 Å². The lowest BCUT2D eigenvalue weighted by atomic mass is 10.1. The quantitative estimate of drug-likeness (QED) is 0.481. The predicted octanol–water partition coefficient (Wildman–Crippen LogP) is 2.50. The highest BCUT2D eigenvalue weighted by Gasteiger charge is 2.21. The number of carbonyl (C=O) groups excluding carboxylic acids is 1. The number of aromatic nitrogens is 4. The first kappa shape index (κ1) is 20.3. The molecule has 158 valence electrons. The van der Waals surface area contributed by atoms with Crippen LogP contribution >= 0.6 is 0 Å². The largest absolute Gasteiger partial charge is 0.497 e. The Morgan fingerprint density at radius 3 is 2.68 bits per heavy atom. The van der Waals surface area contributed by atoms with Gasteiger partial charge in [0.15, 0.2) is 0 Å². The molecule has 0 unspecified atom stereocenters. The zero-order chi connectivity index (χ0) is 21.8. The van der Waals surface area contributed by atoms with Crippen molar-refractivity contribution >= 4 is 16.8 Å². The van der Waals surface area contributed by atoms with Crippen LogP contribution in [-0.4, -0.2) is 32.5 Å². The number of para-hydroxylation sites is 1.